The van der Waals surface area contributed by atoms with Gasteiger partial charge in [0, 0.05) is 18.5 Å². The Morgan fingerprint density at radius 1 is 1.18 bits per heavy atom. The molecular formula is C18H27NO3. The monoisotopic (exact) mass is 305 g/mol. The van der Waals surface area contributed by atoms with Gasteiger partial charge < -0.3 is 14.6 Å². The van der Waals surface area contributed by atoms with Gasteiger partial charge in [-0.2, -0.15) is 0 Å². The minimum atomic E-state index is -0.133. The van der Waals surface area contributed by atoms with Gasteiger partial charge in [-0.15, -0.1) is 0 Å². The predicted molar refractivity (Wildman–Crippen MR) is 86.6 cm³/mol. The number of aliphatic hydroxyl groups is 1. The summed E-state index contributed by atoms with van der Waals surface area (Å²) in [4.78, 5) is 2.51. The Bertz CT molecular complexity index is 535. The van der Waals surface area contributed by atoms with E-state index in [1.165, 1.54) is 11.1 Å². The zero-order valence-electron chi connectivity index (χ0n) is 13.9. The van der Waals surface area contributed by atoms with Crippen molar-refractivity contribution in [1.82, 2.24) is 4.90 Å². The Balaban J connectivity index is 2.06. The van der Waals surface area contributed by atoms with Gasteiger partial charge in [0.05, 0.1) is 20.3 Å². The number of likely N-dealkylation sites (N-methyl/N-ethyl adjacent to an activating group) is 1. The fourth-order valence-electron chi connectivity index (χ4n) is 4.16. The number of nitrogens with zero attached hydrogens (tertiary/aromatic N) is 1. The van der Waals surface area contributed by atoms with E-state index in [1.807, 2.05) is 0 Å². The van der Waals surface area contributed by atoms with Crippen molar-refractivity contribution < 1.29 is 14.6 Å². The zero-order chi connectivity index (χ0) is 15.7. The van der Waals surface area contributed by atoms with Crippen molar-refractivity contribution in [2.24, 2.45) is 0 Å². The second-order valence-electron chi connectivity index (χ2n) is 6.68. The van der Waals surface area contributed by atoms with Crippen molar-refractivity contribution in [3.05, 3.63) is 23.3 Å². The largest absolute Gasteiger partial charge is 0.493 e. The van der Waals surface area contributed by atoms with Gasteiger partial charge in [-0.05, 0) is 55.5 Å². The van der Waals surface area contributed by atoms with Gasteiger partial charge >= 0.3 is 0 Å². The molecule has 0 bridgehead atoms. The van der Waals surface area contributed by atoms with Crippen LogP contribution in [0.15, 0.2) is 12.1 Å². The fraction of sp³-hybridized carbons (Fsp3) is 0.667. The van der Waals surface area contributed by atoms with Gasteiger partial charge in [0.2, 0.25) is 0 Å². The van der Waals surface area contributed by atoms with Gasteiger partial charge in [-0.3, -0.25) is 4.90 Å². The molecule has 22 heavy (non-hydrogen) atoms. The molecule has 1 N–H and O–H groups in total. The molecule has 1 aliphatic carbocycles. The SMILES string of the molecule is CCN1Cc2cc(OC)c(OC)cc2C2(CCC(O)CC2)C1. The fourth-order valence-corrected chi connectivity index (χ4v) is 4.16. The summed E-state index contributed by atoms with van der Waals surface area (Å²) in [7, 11) is 3.39. The average molecular weight is 305 g/mol. The van der Waals surface area contributed by atoms with Gasteiger partial charge in [0.15, 0.2) is 11.5 Å². The molecular weight excluding hydrogens is 278 g/mol. The first-order valence-electron chi connectivity index (χ1n) is 8.27. The number of rotatable bonds is 3. The molecule has 0 radical (unpaired) electrons. The van der Waals surface area contributed by atoms with Crippen LogP contribution in [0.5, 0.6) is 11.5 Å². The Morgan fingerprint density at radius 2 is 1.82 bits per heavy atom. The lowest BCUT2D eigenvalue weighted by molar-refractivity contribution is 0.0677. The molecule has 1 heterocycles. The minimum absolute atomic E-state index is 0.133. The summed E-state index contributed by atoms with van der Waals surface area (Å²) in [6, 6.07) is 4.32. The van der Waals surface area contributed by atoms with E-state index in [2.05, 4.69) is 24.0 Å². The van der Waals surface area contributed by atoms with Gasteiger partial charge in [0.25, 0.3) is 0 Å². The molecule has 1 fully saturated rings. The lowest BCUT2D eigenvalue weighted by Gasteiger charge is -2.47. The molecule has 4 nitrogen and oxygen atoms in total. The second-order valence-corrected chi connectivity index (χ2v) is 6.68. The molecule has 1 spiro atoms. The Labute approximate surface area is 133 Å². The van der Waals surface area contributed by atoms with Gasteiger partial charge in [-0.1, -0.05) is 6.92 Å². The number of aliphatic hydroxyl groups excluding tert-OH is 1. The quantitative estimate of drug-likeness (QED) is 0.932. The van der Waals surface area contributed by atoms with Crippen LogP contribution < -0.4 is 9.47 Å². The van der Waals surface area contributed by atoms with Gasteiger partial charge in [0.1, 0.15) is 0 Å². The van der Waals surface area contributed by atoms with Crippen LogP contribution in [0.4, 0.5) is 0 Å². The maximum absolute atomic E-state index is 9.92. The highest BCUT2D eigenvalue weighted by Crippen LogP contribution is 2.47. The smallest absolute Gasteiger partial charge is 0.161 e. The van der Waals surface area contributed by atoms with Gasteiger partial charge in [-0.25, -0.2) is 0 Å². The van der Waals surface area contributed by atoms with Crippen LogP contribution >= 0.6 is 0 Å². The normalized spacial score (nSPS) is 28.5. The van der Waals surface area contributed by atoms with E-state index >= 15 is 0 Å². The summed E-state index contributed by atoms with van der Waals surface area (Å²) in [6.45, 7) is 5.32. The zero-order valence-corrected chi connectivity index (χ0v) is 13.9. The standard InChI is InChI=1S/C18H27NO3/c1-4-19-11-13-9-16(21-2)17(22-3)10-15(13)18(12-19)7-5-14(20)6-8-18/h9-10,14,20H,4-8,11-12H2,1-3H3. The van der Waals surface area contributed by atoms with Crippen molar-refractivity contribution in [2.75, 3.05) is 27.3 Å². The van der Waals surface area contributed by atoms with Crippen LogP contribution in [-0.4, -0.2) is 43.4 Å². The molecule has 1 aromatic rings. The first kappa shape index (κ1) is 15.6. The third-order valence-corrected chi connectivity index (χ3v) is 5.46. The number of benzene rings is 1. The molecule has 1 aromatic carbocycles. The first-order valence-corrected chi connectivity index (χ1v) is 8.27. The molecule has 122 valence electrons. The molecule has 4 heteroatoms. The van der Waals surface area contributed by atoms with Crippen LogP contribution in [0.2, 0.25) is 0 Å². The number of ether oxygens (including phenoxy) is 2. The summed E-state index contributed by atoms with van der Waals surface area (Å²) in [6.07, 6.45) is 3.75. The Hall–Kier alpha value is -1.26. The van der Waals surface area contributed by atoms with Crippen LogP contribution in [-0.2, 0) is 12.0 Å². The highest BCUT2D eigenvalue weighted by molar-refractivity contribution is 5.51. The molecule has 0 saturated heterocycles. The van der Waals surface area contributed by atoms with Crippen LogP contribution in [0.25, 0.3) is 0 Å². The molecule has 0 amide bonds. The molecule has 0 aromatic heterocycles. The maximum atomic E-state index is 9.92. The lowest BCUT2D eigenvalue weighted by atomic mass is 9.65. The van der Waals surface area contributed by atoms with Crippen molar-refractivity contribution >= 4 is 0 Å². The molecule has 1 aliphatic heterocycles. The van der Waals surface area contributed by atoms with E-state index in [0.29, 0.717) is 0 Å². The van der Waals surface area contributed by atoms with Crippen molar-refractivity contribution in [2.45, 2.75) is 50.7 Å². The van der Waals surface area contributed by atoms with Crippen LogP contribution in [0, 0.1) is 0 Å². The minimum Gasteiger partial charge on any atom is -0.493 e. The number of hydrogen-bond acceptors (Lipinski definition) is 4. The van der Waals surface area contributed by atoms with E-state index in [9.17, 15) is 5.11 Å². The molecule has 0 unspecified atom stereocenters. The van der Waals surface area contributed by atoms with Crippen LogP contribution in [0.1, 0.15) is 43.7 Å². The highest BCUT2D eigenvalue weighted by atomic mass is 16.5. The van der Waals surface area contributed by atoms with E-state index in [0.717, 1.165) is 56.8 Å². The van der Waals surface area contributed by atoms with Crippen molar-refractivity contribution in [3.63, 3.8) is 0 Å². The third kappa shape index (κ3) is 2.59. The number of hydrogen-bond donors (Lipinski definition) is 1. The number of methoxy groups -OCH3 is 2. The van der Waals surface area contributed by atoms with E-state index < -0.39 is 0 Å². The summed E-state index contributed by atoms with van der Waals surface area (Å²) < 4.78 is 11.0. The predicted octanol–water partition coefficient (Wildman–Crippen LogP) is 2.71. The summed E-state index contributed by atoms with van der Waals surface area (Å²) in [5.74, 6) is 1.63. The molecule has 3 rings (SSSR count). The highest BCUT2D eigenvalue weighted by Gasteiger charge is 2.42. The summed E-state index contributed by atoms with van der Waals surface area (Å²) in [5, 5.41) is 9.92. The first-order chi connectivity index (χ1) is 10.6. The Kier molecular flexibility index (Phi) is 4.33. The molecule has 2 aliphatic rings. The van der Waals surface area contributed by atoms with E-state index in [-0.39, 0.29) is 11.5 Å². The second kappa shape index (κ2) is 6.09. The Morgan fingerprint density at radius 3 is 2.41 bits per heavy atom. The number of fused-ring (bicyclic) bond motifs is 2. The van der Waals surface area contributed by atoms with Crippen LogP contribution in [0.3, 0.4) is 0 Å². The molecule has 1 saturated carbocycles. The molecule has 0 atom stereocenters. The average Bonchev–Trinajstić information content (AvgIpc) is 2.56. The van der Waals surface area contributed by atoms with Crippen molar-refractivity contribution in [1.29, 1.82) is 0 Å². The maximum Gasteiger partial charge on any atom is 0.161 e. The van der Waals surface area contributed by atoms with E-state index in [1.54, 1.807) is 14.2 Å². The topological polar surface area (TPSA) is 41.9 Å². The van der Waals surface area contributed by atoms with E-state index in [4.69, 9.17) is 9.47 Å². The van der Waals surface area contributed by atoms with Crippen molar-refractivity contribution in [3.8, 4) is 11.5 Å². The third-order valence-electron chi connectivity index (χ3n) is 5.46. The summed E-state index contributed by atoms with van der Waals surface area (Å²) >= 11 is 0. The summed E-state index contributed by atoms with van der Waals surface area (Å²) in [5.41, 5.74) is 2.91. The lowest BCUT2D eigenvalue weighted by Crippen LogP contribution is -2.48.